The van der Waals surface area contributed by atoms with E-state index in [1.54, 1.807) is 6.07 Å². The van der Waals surface area contributed by atoms with Crippen molar-refractivity contribution in [3.05, 3.63) is 17.5 Å². The monoisotopic (exact) mass is 266 g/mol. The number of carboxylic acid groups (broad SMARTS) is 1. The molecular formula is C13H18N2O4. The SMILES string of the molecule is CC(C)c1cc(C(=O)NC(CC2CC2)C(=O)O)on1. The molecule has 0 bridgehead atoms. The lowest BCUT2D eigenvalue weighted by Gasteiger charge is -2.12. The quantitative estimate of drug-likeness (QED) is 0.818. The van der Waals surface area contributed by atoms with E-state index < -0.39 is 17.9 Å². The van der Waals surface area contributed by atoms with E-state index in [1.165, 1.54) is 0 Å². The summed E-state index contributed by atoms with van der Waals surface area (Å²) in [6.07, 6.45) is 2.56. The third kappa shape index (κ3) is 3.56. The van der Waals surface area contributed by atoms with Gasteiger partial charge in [0.25, 0.3) is 5.91 Å². The molecule has 2 rings (SSSR count). The highest BCUT2D eigenvalue weighted by atomic mass is 16.5. The predicted molar refractivity (Wildman–Crippen MR) is 66.8 cm³/mol. The van der Waals surface area contributed by atoms with Gasteiger partial charge in [0.2, 0.25) is 5.76 Å². The van der Waals surface area contributed by atoms with Gasteiger partial charge in [-0.25, -0.2) is 4.79 Å². The fraction of sp³-hybridized carbons (Fsp3) is 0.615. The van der Waals surface area contributed by atoms with Gasteiger partial charge >= 0.3 is 5.97 Å². The lowest BCUT2D eigenvalue weighted by Crippen LogP contribution is -2.41. The molecule has 1 heterocycles. The summed E-state index contributed by atoms with van der Waals surface area (Å²) in [5, 5.41) is 15.3. The molecule has 1 unspecified atom stereocenters. The van der Waals surface area contributed by atoms with Gasteiger partial charge in [-0.15, -0.1) is 0 Å². The van der Waals surface area contributed by atoms with Gasteiger partial charge in [0.05, 0.1) is 5.69 Å². The van der Waals surface area contributed by atoms with Gasteiger partial charge in [0, 0.05) is 6.07 Å². The first-order valence-corrected chi connectivity index (χ1v) is 6.47. The summed E-state index contributed by atoms with van der Waals surface area (Å²) >= 11 is 0. The first-order chi connectivity index (χ1) is 8.97. The Morgan fingerprint density at radius 3 is 2.68 bits per heavy atom. The Morgan fingerprint density at radius 1 is 1.53 bits per heavy atom. The van der Waals surface area contributed by atoms with Crippen molar-refractivity contribution in [1.29, 1.82) is 0 Å². The number of hydrogen-bond donors (Lipinski definition) is 2. The molecule has 2 N–H and O–H groups in total. The molecule has 1 aliphatic carbocycles. The van der Waals surface area contributed by atoms with E-state index in [9.17, 15) is 9.59 Å². The molecule has 1 atom stereocenters. The van der Waals surface area contributed by atoms with Crippen molar-refractivity contribution in [3.63, 3.8) is 0 Å². The number of rotatable bonds is 6. The number of nitrogens with zero attached hydrogens (tertiary/aromatic N) is 1. The van der Waals surface area contributed by atoms with Crippen LogP contribution in [0.2, 0.25) is 0 Å². The first-order valence-electron chi connectivity index (χ1n) is 6.47. The van der Waals surface area contributed by atoms with E-state index in [4.69, 9.17) is 9.63 Å². The summed E-state index contributed by atoms with van der Waals surface area (Å²) in [5.41, 5.74) is 0.680. The van der Waals surface area contributed by atoms with Gasteiger partial charge in [-0.05, 0) is 18.3 Å². The van der Waals surface area contributed by atoms with E-state index in [-0.39, 0.29) is 11.7 Å². The van der Waals surface area contributed by atoms with Crippen molar-refractivity contribution in [1.82, 2.24) is 10.5 Å². The second-order valence-electron chi connectivity index (χ2n) is 5.31. The summed E-state index contributed by atoms with van der Waals surface area (Å²) in [7, 11) is 0. The van der Waals surface area contributed by atoms with E-state index in [0.717, 1.165) is 12.8 Å². The number of carbonyl (C=O) groups excluding carboxylic acids is 1. The van der Waals surface area contributed by atoms with Crippen molar-refractivity contribution in [2.75, 3.05) is 0 Å². The van der Waals surface area contributed by atoms with E-state index in [1.807, 2.05) is 13.8 Å². The molecule has 104 valence electrons. The third-order valence-corrected chi connectivity index (χ3v) is 3.21. The van der Waals surface area contributed by atoms with Crippen LogP contribution in [0.25, 0.3) is 0 Å². The Hall–Kier alpha value is -1.85. The minimum absolute atomic E-state index is 0.0609. The summed E-state index contributed by atoms with van der Waals surface area (Å²) in [5.74, 6) is -0.892. The maximum Gasteiger partial charge on any atom is 0.326 e. The third-order valence-electron chi connectivity index (χ3n) is 3.21. The molecule has 0 spiro atoms. The summed E-state index contributed by atoms with van der Waals surface area (Å²) in [6.45, 7) is 3.87. The molecule has 1 aliphatic rings. The lowest BCUT2D eigenvalue weighted by atomic mass is 10.1. The van der Waals surface area contributed by atoms with Crippen LogP contribution in [0.1, 0.15) is 55.3 Å². The molecule has 0 radical (unpaired) electrons. The fourth-order valence-corrected chi connectivity index (χ4v) is 1.81. The molecule has 0 aliphatic heterocycles. The molecular weight excluding hydrogens is 248 g/mol. The van der Waals surface area contributed by atoms with Crippen molar-refractivity contribution in [3.8, 4) is 0 Å². The second kappa shape index (κ2) is 5.42. The van der Waals surface area contributed by atoms with Crippen LogP contribution in [0.4, 0.5) is 0 Å². The molecule has 19 heavy (non-hydrogen) atoms. The standard InChI is InChI=1S/C13H18N2O4/c1-7(2)9-6-11(19-15-9)12(16)14-10(13(17)18)5-8-3-4-8/h6-8,10H,3-5H2,1-2H3,(H,14,16)(H,17,18). The number of aliphatic carboxylic acids is 1. The molecule has 6 nitrogen and oxygen atoms in total. The number of carbonyl (C=O) groups is 2. The van der Waals surface area contributed by atoms with Crippen LogP contribution in [0, 0.1) is 5.92 Å². The zero-order valence-electron chi connectivity index (χ0n) is 11.0. The maximum atomic E-state index is 11.9. The fourth-order valence-electron chi connectivity index (χ4n) is 1.81. The van der Waals surface area contributed by atoms with Crippen LogP contribution < -0.4 is 5.32 Å². The Kier molecular flexibility index (Phi) is 3.87. The van der Waals surface area contributed by atoms with Crippen molar-refractivity contribution < 1.29 is 19.2 Å². The molecule has 1 fully saturated rings. The zero-order valence-corrected chi connectivity index (χ0v) is 11.0. The molecule has 1 aromatic rings. The van der Waals surface area contributed by atoms with Crippen LogP contribution >= 0.6 is 0 Å². The number of carboxylic acids is 1. The number of hydrogen-bond acceptors (Lipinski definition) is 4. The zero-order chi connectivity index (χ0) is 14.0. The van der Waals surface area contributed by atoms with Gasteiger partial charge in [0.15, 0.2) is 0 Å². The van der Waals surface area contributed by atoms with Crippen molar-refractivity contribution >= 4 is 11.9 Å². The largest absolute Gasteiger partial charge is 0.480 e. The average Bonchev–Trinajstić information content (AvgIpc) is 3.01. The van der Waals surface area contributed by atoms with Gasteiger partial charge in [-0.3, -0.25) is 4.79 Å². The van der Waals surface area contributed by atoms with Gasteiger partial charge in [0.1, 0.15) is 6.04 Å². The molecule has 1 saturated carbocycles. The van der Waals surface area contributed by atoms with Crippen molar-refractivity contribution in [2.45, 2.75) is 45.1 Å². The topological polar surface area (TPSA) is 92.4 Å². The molecule has 0 saturated heterocycles. The summed E-state index contributed by atoms with van der Waals surface area (Å²) in [6, 6.07) is 0.698. The van der Waals surface area contributed by atoms with Gasteiger partial charge < -0.3 is 14.9 Å². The van der Waals surface area contributed by atoms with E-state index in [0.29, 0.717) is 18.0 Å². The van der Waals surface area contributed by atoms with Crippen molar-refractivity contribution in [2.24, 2.45) is 5.92 Å². The Morgan fingerprint density at radius 2 is 2.21 bits per heavy atom. The van der Waals surface area contributed by atoms with Gasteiger partial charge in [-0.1, -0.05) is 31.8 Å². The first kappa shape index (κ1) is 13.6. The second-order valence-corrected chi connectivity index (χ2v) is 5.31. The van der Waals surface area contributed by atoms with Crippen LogP contribution in [-0.2, 0) is 4.79 Å². The molecule has 0 aromatic carbocycles. The smallest absolute Gasteiger partial charge is 0.326 e. The van der Waals surface area contributed by atoms with Crippen LogP contribution in [-0.4, -0.2) is 28.2 Å². The lowest BCUT2D eigenvalue weighted by molar-refractivity contribution is -0.139. The normalized spacial score (nSPS) is 16.4. The molecule has 1 aromatic heterocycles. The minimum atomic E-state index is -1.01. The minimum Gasteiger partial charge on any atom is -0.480 e. The summed E-state index contributed by atoms with van der Waals surface area (Å²) < 4.78 is 4.93. The number of nitrogens with one attached hydrogen (secondary N) is 1. The van der Waals surface area contributed by atoms with E-state index in [2.05, 4.69) is 10.5 Å². The van der Waals surface area contributed by atoms with Crippen LogP contribution in [0.3, 0.4) is 0 Å². The number of aromatic nitrogens is 1. The highest BCUT2D eigenvalue weighted by molar-refractivity contribution is 5.94. The highest BCUT2D eigenvalue weighted by Gasteiger charge is 2.31. The van der Waals surface area contributed by atoms with Crippen LogP contribution in [0.5, 0.6) is 0 Å². The van der Waals surface area contributed by atoms with E-state index >= 15 is 0 Å². The predicted octanol–water partition coefficient (Wildman–Crippen LogP) is 1.78. The summed E-state index contributed by atoms with van der Waals surface area (Å²) in [4.78, 5) is 23.0. The van der Waals surface area contributed by atoms with Crippen LogP contribution in [0.15, 0.2) is 10.6 Å². The molecule has 6 heteroatoms. The average molecular weight is 266 g/mol. The maximum absolute atomic E-state index is 11.9. The van der Waals surface area contributed by atoms with Gasteiger partial charge in [-0.2, -0.15) is 0 Å². The molecule has 1 amide bonds. The Labute approximate surface area is 111 Å². The Balaban J connectivity index is 1.98. The Bertz CT molecular complexity index is 477. The highest BCUT2D eigenvalue weighted by Crippen LogP contribution is 2.33. The number of amides is 1.